The van der Waals surface area contributed by atoms with E-state index in [9.17, 15) is 18.3 Å². The molecule has 108 valence electrons. The summed E-state index contributed by atoms with van der Waals surface area (Å²) in [6, 6.07) is 0. The summed E-state index contributed by atoms with van der Waals surface area (Å²) in [5.74, 6) is -0.519. The van der Waals surface area contributed by atoms with Crippen LogP contribution in [0.4, 0.5) is 0 Å². The van der Waals surface area contributed by atoms with Crippen molar-refractivity contribution in [1.29, 1.82) is 0 Å². The average molecular weight is 281 g/mol. The summed E-state index contributed by atoms with van der Waals surface area (Å²) in [5, 5.41) is 9.87. The second kappa shape index (κ2) is 7.70. The first-order chi connectivity index (χ1) is 8.22. The van der Waals surface area contributed by atoms with Crippen LogP contribution in [0.5, 0.6) is 0 Å². The summed E-state index contributed by atoms with van der Waals surface area (Å²) in [7, 11) is -3.39. The lowest BCUT2D eigenvalue weighted by Gasteiger charge is -2.22. The molecule has 0 radical (unpaired) electrons. The highest BCUT2D eigenvalue weighted by atomic mass is 32.2. The third-order valence-corrected chi connectivity index (χ3v) is 3.68. The molecule has 1 unspecified atom stereocenters. The number of unbranched alkanes of at least 4 members (excludes halogenated alkanes) is 1. The molecule has 0 bridgehead atoms. The third-order valence-electron chi connectivity index (χ3n) is 2.27. The maximum Gasteiger partial charge on any atom is 0.308 e. The predicted molar refractivity (Wildman–Crippen MR) is 68.6 cm³/mol. The van der Waals surface area contributed by atoms with E-state index in [2.05, 4.69) is 4.72 Å². The zero-order valence-electron chi connectivity index (χ0n) is 11.2. The molecule has 0 amide bonds. The highest BCUT2D eigenvalue weighted by molar-refractivity contribution is 7.89. The van der Waals surface area contributed by atoms with Crippen molar-refractivity contribution in [3.05, 3.63) is 0 Å². The van der Waals surface area contributed by atoms with Gasteiger partial charge in [0.1, 0.15) is 0 Å². The van der Waals surface area contributed by atoms with Crippen LogP contribution in [0.15, 0.2) is 0 Å². The van der Waals surface area contributed by atoms with Gasteiger partial charge in [0, 0.05) is 6.54 Å². The van der Waals surface area contributed by atoms with E-state index >= 15 is 0 Å². The third kappa shape index (κ3) is 8.43. The van der Waals surface area contributed by atoms with Crippen LogP contribution < -0.4 is 4.72 Å². The number of hydrogen-bond acceptors (Lipinski definition) is 5. The fourth-order valence-electron chi connectivity index (χ4n) is 1.26. The van der Waals surface area contributed by atoms with Gasteiger partial charge in [0.15, 0.2) is 0 Å². The Kier molecular flexibility index (Phi) is 7.42. The van der Waals surface area contributed by atoms with Crippen LogP contribution in [-0.2, 0) is 19.6 Å². The Labute approximate surface area is 109 Å². The molecule has 0 rings (SSSR count). The van der Waals surface area contributed by atoms with Gasteiger partial charge in [0.2, 0.25) is 10.0 Å². The smallest absolute Gasteiger partial charge is 0.308 e. The molecule has 0 aliphatic carbocycles. The standard InChI is InChI=1S/C11H23NO5S/c1-4-6-7-18(15,16)12-9-11(3,14)8-10(13)17-5-2/h12,14H,4-9H2,1-3H3. The second-order valence-corrected chi connectivity index (χ2v) is 6.40. The first kappa shape index (κ1) is 17.3. The molecule has 1 atom stereocenters. The van der Waals surface area contributed by atoms with E-state index in [-0.39, 0.29) is 25.3 Å². The first-order valence-electron chi connectivity index (χ1n) is 6.08. The van der Waals surface area contributed by atoms with Crippen LogP contribution in [0, 0.1) is 0 Å². The fourth-order valence-corrected chi connectivity index (χ4v) is 2.60. The Hall–Kier alpha value is -0.660. The molecule has 0 aromatic rings. The molecule has 0 heterocycles. The molecular weight excluding hydrogens is 258 g/mol. The molecule has 0 aromatic heterocycles. The van der Waals surface area contributed by atoms with Crippen molar-refractivity contribution in [2.45, 2.75) is 45.6 Å². The summed E-state index contributed by atoms with van der Waals surface area (Å²) in [6.07, 6.45) is 1.10. The van der Waals surface area contributed by atoms with Gasteiger partial charge in [-0.3, -0.25) is 4.79 Å². The summed E-state index contributed by atoms with van der Waals surface area (Å²) >= 11 is 0. The van der Waals surface area contributed by atoms with E-state index < -0.39 is 21.6 Å². The Balaban J connectivity index is 4.21. The minimum Gasteiger partial charge on any atom is -0.466 e. The van der Waals surface area contributed by atoms with E-state index in [0.717, 1.165) is 6.42 Å². The van der Waals surface area contributed by atoms with Gasteiger partial charge in [-0.15, -0.1) is 0 Å². The molecule has 0 fully saturated rings. The van der Waals surface area contributed by atoms with Gasteiger partial charge in [-0.1, -0.05) is 13.3 Å². The maximum atomic E-state index is 11.5. The predicted octanol–water partition coefficient (Wildman–Crippen LogP) is 0.410. The van der Waals surface area contributed by atoms with Gasteiger partial charge >= 0.3 is 5.97 Å². The quantitative estimate of drug-likeness (QED) is 0.597. The second-order valence-electron chi connectivity index (χ2n) is 4.47. The first-order valence-corrected chi connectivity index (χ1v) is 7.73. The average Bonchev–Trinajstić information content (AvgIpc) is 2.24. The number of hydrogen-bond donors (Lipinski definition) is 2. The highest BCUT2D eigenvalue weighted by Gasteiger charge is 2.27. The Morgan fingerprint density at radius 1 is 1.39 bits per heavy atom. The molecule has 7 heteroatoms. The van der Waals surface area contributed by atoms with Crippen molar-refractivity contribution in [1.82, 2.24) is 4.72 Å². The minimum absolute atomic E-state index is 0.0268. The monoisotopic (exact) mass is 281 g/mol. The lowest BCUT2D eigenvalue weighted by molar-refractivity contribution is -0.147. The number of rotatable bonds is 9. The van der Waals surface area contributed by atoms with Gasteiger partial charge in [-0.2, -0.15) is 0 Å². The van der Waals surface area contributed by atoms with Crippen LogP contribution in [-0.4, -0.2) is 44.0 Å². The van der Waals surface area contributed by atoms with Crippen molar-refractivity contribution in [2.75, 3.05) is 18.9 Å². The van der Waals surface area contributed by atoms with Crippen LogP contribution in [0.25, 0.3) is 0 Å². The molecule has 0 aliphatic heterocycles. The van der Waals surface area contributed by atoms with Crippen molar-refractivity contribution in [2.24, 2.45) is 0 Å². The lowest BCUT2D eigenvalue weighted by atomic mass is 10.0. The van der Waals surface area contributed by atoms with Crippen LogP contribution in [0.3, 0.4) is 0 Å². The van der Waals surface area contributed by atoms with Gasteiger partial charge in [-0.05, 0) is 20.3 Å². The molecule has 0 saturated heterocycles. The number of esters is 1. The van der Waals surface area contributed by atoms with E-state index in [1.165, 1.54) is 6.92 Å². The van der Waals surface area contributed by atoms with E-state index in [0.29, 0.717) is 6.42 Å². The van der Waals surface area contributed by atoms with Crippen molar-refractivity contribution in [3.63, 3.8) is 0 Å². The molecule has 18 heavy (non-hydrogen) atoms. The number of carbonyl (C=O) groups excluding carboxylic acids is 1. The highest BCUT2D eigenvalue weighted by Crippen LogP contribution is 2.10. The zero-order chi connectivity index (χ0) is 14.2. The number of nitrogens with one attached hydrogen (secondary N) is 1. The molecular formula is C11H23NO5S. The van der Waals surface area contributed by atoms with Crippen LogP contribution in [0.1, 0.15) is 40.0 Å². The van der Waals surface area contributed by atoms with Crippen LogP contribution in [0.2, 0.25) is 0 Å². The van der Waals surface area contributed by atoms with Crippen molar-refractivity contribution in [3.8, 4) is 0 Å². The summed E-state index contributed by atoms with van der Waals surface area (Å²) in [4.78, 5) is 11.2. The molecule has 6 nitrogen and oxygen atoms in total. The van der Waals surface area contributed by atoms with Crippen molar-refractivity contribution < 1.29 is 23.1 Å². The maximum absolute atomic E-state index is 11.5. The normalized spacial score (nSPS) is 15.1. The number of carbonyl (C=O) groups is 1. The van der Waals surface area contributed by atoms with E-state index in [1.54, 1.807) is 6.92 Å². The van der Waals surface area contributed by atoms with Crippen molar-refractivity contribution >= 4 is 16.0 Å². The van der Waals surface area contributed by atoms with Gasteiger partial charge in [0.05, 0.1) is 24.4 Å². The lowest BCUT2D eigenvalue weighted by Crippen LogP contribution is -2.43. The summed E-state index contributed by atoms with van der Waals surface area (Å²) in [6.45, 7) is 4.99. The molecule has 2 N–H and O–H groups in total. The number of ether oxygens (including phenoxy) is 1. The molecule has 0 aromatic carbocycles. The molecule has 0 spiro atoms. The van der Waals surface area contributed by atoms with E-state index in [1.807, 2.05) is 6.92 Å². The summed E-state index contributed by atoms with van der Waals surface area (Å²) < 4.78 is 30.0. The summed E-state index contributed by atoms with van der Waals surface area (Å²) in [5.41, 5.74) is -1.44. The Bertz CT molecular complexity index is 350. The Morgan fingerprint density at radius 3 is 2.50 bits per heavy atom. The molecule has 0 saturated carbocycles. The SMILES string of the molecule is CCCCS(=O)(=O)NCC(C)(O)CC(=O)OCC. The minimum atomic E-state index is -3.39. The number of aliphatic hydroxyl groups is 1. The largest absolute Gasteiger partial charge is 0.466 e. The topological polar surface area (TPSA) is 92.7 Å². The fraction of sp³-hybridized carbons (Fsp3) is 0.909. The van der Waals surface area contributed by atoms with Gasteiger partial charge in [0.25, 0.3) is 0 Å². The van der Waals surface area contributed by atoms with Crippen LogP contribution >= 0.6 is 0 Å². The van der Waals surface area contributed by atoms with Gasteiger partial charge < -0.3 is 9.84 Å². The molecule has 0 aliphatic rings. The Morgan fingerprint density at radius 2 is 2.00 bits per heavy atom. The number of sulfonamides is 1. The van der Waals surface area contributed by atoms with E-state index in [4.69, 9.17) is 4.74 Å². The van der Waals surface area contributed by atoms with Gasteiger partial charge in [-0.25, -0.2) is 13.1 Å². The zero-order valence-corrected chi connectivity index (χ0v) is 12.0.